The Morgan fingerprint density at radius 1 is 0.837 bits per heavy atom. The number of aromatic nitrogens is 3. The quantitative estimate of drug-likeness (QED) is 0.282. The van der Waals surface area contributed by atoms with E-state index in [1.807, 2.05) is 12.1 Å². The molecule has 0 amide bonds. The Labute approximate surface area is 251 Å². The summed E-state index contributed by atoms with van der Waals surface area (Å²) in [6, 6.07) is 21.7. The number of hydrogen-bond donors (Lipinski definition) is 2. The standard InChI is InChI=1S/C31H35N7O4S/c1-41-28-21-24(38-17-15-37(16-18-38)23-13-19-42-20-14-23)11-12-26(28)34-30-32-22-33-31(36-30)35-27-9-5-6-10-29(27)43(39,40)25-7-3-2-4-8-25/h2-12,21-23H,13-20H2,1H3,(H2,32,33,34,35,36). The van der Waals surface area contributed by atoms with Crippen LogP contribution in [0.25, 0.3) is 0 Å². The predicted molar refractivity (Wildman–Crippen MR) is 165 cm³/mol. The van der Waals surface area contributed by atoms with Crippen molar-refractivity contribution in [1.82, 2.24) is 19.9 Å². The number of nitrogens with zero attached hydrogens (tertiary/aromatic N) is 5. The maximum atomic E-state index is 13.3. The van der Waals surface area contributed by atoms with E-state index >= 15 is 0 Å². The summed E-state index contributed by atoms with van der Waals surface area (Å²) in [7, 11) is -2.12. The SMILES string of the molecule is COc1cc(N2CCN(C3CCOCC3)CC2)ccc1Nc1ncnc(Nc2ccccc2S(=O)(=O)c2ccccc2)n1. The van der Waals surface area contributed by atoms with E-state index in [4.69, 9.17) is 9.47 Å². The van der Waals surface area contributed by atoms with Crippen LogP contribution < -0.4 is 20.3 Å². The molecule has 2 N–H and O–H groups in total. The zero-order valence-corrected chi connectivity index (χ0v) is 24.8. The van der Waals surface area contributed by atoms with Gasteiger partial charge in [-0.3, -0.25) is 4.90 Å². The molecule has 2 saturated heterocycles. The van der Waals surface area contributed by atoms with Crippen molar-refractivity contribution in [2.45, 2.75) is 28.7 Å². The summed E-state index contributed by atoms with van der Waals surface area (Å²) >= 11 is 0. The molecule has 0 bridgehead atoms. The van der Waals surface area contributed by atoms with Gasteiger partial charge in [0.1, 0.15) is 12.1 Å². The van der Waals surface area contributed by atoms with Crippen LogP contribution in [0.1, 0.15) is 12.8 Å². The fraction of sp³-hybridized carbons (Fsp3) is 0.323. The van der Waals surface area contributed by atoms with E-state index in [0.29, 0.717) is 23.2 Å². The van der Waals surface area contributed by atoms with Crippen molar-refractivity contribution < 1.29 is 17.9 Å². The number of rotatable bonds is 9. The van der Waals surface area contributed by atoms with Gasteiger partial charge in [0.15, 0.2) is 0 Å². The highest BCUT2D eigenvalue weighted by Crippen LogP contribution is 2.33. The lowest BCUT2D eigenvalue weighted by Gasteiger charge is -2.41. The summed E-state index contributed by atoms with van der Waals surface area (Å²) < 4.78 is 37.9. The molecule has 3 heterocycles. The summed E-state index contributed by atoms with van der Waals surface area (Å²) in [6.45, 7) is 5.69. The zero-order chi connectivity index (χ0) is 29.6. The number of piperazine rings is 1. The van der Waals surface area contributed by atoms with Crippen molar-refractivity contribution in [3.05, 3.63) is 79.1 Å². The molecular weight excluding hydrogens is 566 g/mol. The molecule has 43 heavy (non-hydrogen) atoms. The van der Waals surface area contributed by atoms with Crippen molar-refractivity contribution in [2.24, 2.45) is 0 Å². The Kier molecular flexibility index (Phi) is 8.68. The van der Waals surface area contributed by atoms with Crippen molar-refractivity contribution in [2.75, 3.05) is 62.0 Å². The number of methoxy groups -OCH3 is 1. The van der Waals surface area contributed by atoms with Crippen LogP contribution >= 0.6 is 0 Å². The van der Waals surface area contributed by atoms with E-state index in [-0.39, 0.29) is 21.7 Å². The van der Waals surface area contributed by atoms with E-state index in [9.17, 15) is 8.42 Å². The summed E-state index contributed by atoms with van der Waals surface area (Å²) in [5.41, 5.74) is 2.17. The third kappa shape index (κ3) is 6.56. The van der Waals surface area contributed by atoms with Crippen LogP contribution in [0.15, 0.2) is 88.9 Å². The van der Waals surface area contributed by atoms with Gasteiger partial charge in [0.2, 0.25) is 21.7 Å². The number of ether oxygens (including phenoxy) is 2. The van der Waals surface area contributed by atoms with Crippen molar-refractivity contribution in [3.63, 3.8) is 0 Å². The fourth-order valence-electron chi connectivity index (χ4n) is 5.56. The topological polar surface area (TPSA) is 122 Å². The molecule has 6 rings (SSSR count). The van der Waals surface area contributed by atoms with Gasteiger partial charge in [-0.15, -0.1) is 0 Å². The first-order chi connectivity index (χ1) is 21.0. The molecule has 11 nitrogen and oxygen atoms in total. The smallest absolute Gasteiger partial charge is 0.232 e. The largest absolute Gasteiger partial charge is 0.494 e. The molecule has 224 valence electrons. The highest BCUT2D eigenvalue weighted by atomic mass is 32.2. The van der Waals surface area contributed by atoms with Crippen molar-refractivity contribution >= 4 is 38.8 Å². The molecule has 0 radical (unpaired) electrons. The second kappa shape index (κ2) is 12.9. The zero-order valence-electron chi connectivity index (χ0n) is 24.0. The lowest BCUT2D eigenvalue weighted by Crippen LogP contribution is -2.51. The van der Waals surface area contributed by atoms with Crippen molar-refractivity contribution in [1.29, 1.82) is 0 Å². The number of para-hydroxylation sites is 1. The summed E-state index contributed by atoms with van der Waals surface area (Å²) in [4.78, 5) is 18.3. The molecule has 0 aliphatic carbocycles. The number of hydrogen-bond acceptors (Lipinski definition) is 11. The summed E-state index contributed by atoms with van der Waals surface area (Å²) in [6.07, 6.45) is 3.59. The van der Waals surface area contributed by atoms with Crippen LogP contribution in [0, 0.1) is 0 Å². The molecule has 0 atom stereocenters. The van der Waals surface area contributed by atoms with E-state index in [0.717, 1.165) is 57.9 Å². The van der Waals surface area contributed by atoms with E-state index in [2.05, 4.69) is 41.5 Å². The number of benzene rings is 3. The van der Waals surface area contributed by atoms with Gasteiger partial charge in [0, 0.05) is 57.2 Å². The van der Waals surface area contributed by atoms with Crippen LogP contribution in [0.4, 0.5) is 29.0 Å². The Hall–Kier alpha value is -4.26. The molecule has 12 heteroatoms. The maximum Gasteiger partial charge on any atom is 0.232 e. The highest BCUT2D eigenvalue weighted by Gasteiger charge is 2.26. The lowest BCUT2D eigenvalue weighted by molar-refractivity contribution is 0.0321. The summed E-state index contributed by atoms with van der Waals surface area (Å²) in [5, 5.41) is 6.27. The Morgan fingerprint density at radius 3 is 2.23 bits per heavy atom. The molecule has 2 aliphatic heterocycles. The van der Waals surface area contributed by atoms with Gasteiger partial charge < -0.3 is 25.0 Å². The maximum absolute atomic E-state index is 13.3. The van der Waals surface area contributed by atoms with Gasteiger partial charge in [0.25, 0.3) is 0 Å². The molecular formula is C31H35N7O4S. The normalized spacial score (nSPS) is 16.5. The van der Waals surface area contributed by atoms with Gasteiger partial charge in [-0.05, 0) is 49.2 Å². The Morgan fingerprint density at radius 2 is 1.51 bits per heavy atom. The molecule has 0 spiro atoms. The predicted octanol–water partition coefficient (Wildman–Crippen LogP) is 4.50. The first-order valence-electron chi connectivity index (χ1n) is 14.4. The molecule has 2 aliphatic rings. The second-order valence-electron chi connectivity index (χ2n) is 10.4. The average Bonchev–Trinajstić information content (AvgIpc) is 3.06. The first kappa shape index (κ1) is 28.8. The summed E-state index contributed by atoms with van der Waals surface area (Å²) in [5.74, 6) is 1.15. The minimum Gasteiger partial charge on any atom is -0.494 e. The minimum absolute atomic E-state index is 0.127. The molecule has 3 aromatic carbocycles. The fourth-order valence-corrected chi connectivity index (χ4v) is 7.00. The van der Waals surface area contributed by atoms with E-state index in [1.165, 1.54) is 6.33 Å². The average molecular weight is 602 g/mol. The molecule has 0 unspecified atom stereocenters. The highest BCUT2D eigenvalue weighted by molar-refractivity contribution is 7.91. The third-order valence-electron chi connectivity index (χ3n) is 7.87. The van der Waals surface area contributed by atoms with Crippen molar-refractivity contribution in [3.8, 4) is 5.75 Å². The van der Waals surface area contributed by atoms with Crippen LogP contribution in [0.5, 0.6) is 5.75 Å². The number of anilines is 5. The Bertz CT molecular complexity index is 1640. The van der Waals surface area contributed by atoms with Gasteiger partial charge >= 0.3 is 0 Å². The van der Waals surface area contributed by atoms with Crippen LogP contribution in [-0.2, 0) is 14.6 Å². The van der Waals surface area contributed by atoms with Crippen LogP contribution in [0.2, 0.25) is 0 Å². The van der Waals surface area contributed by atoms with Gasteiger partial charge in [-0.1, -0.05) is 30.3 Å². The van der Waals surface area contributed by atoms with Gasteiger partial charge in [-0.2, -0.15) is 4.98 Å². The molecule has 1 aromatic heterocycles. The van der Waals surface area contributed by atoms with Gasteiger partial charge in [-0.25, -0.2) is 18.4 Å². The van der Waals surface area contributed by atoms with Crippen LogP contribution in [-0.4, -0.2) is 80.8 Å². The van der Waals surface area contributed by atoms with E-state index < -0.39 is 9.84 Å². The monoisotopic (exact) mass is 601 g/mol. The number of sulfone groups is 1. The van der Waals surface area contributed by atoms with Crippen LogP contribution in [0.3, 0.4) is 0 Å². The minimum atomic E-state index is -3.76. The third-order valence-corrected chi connectivity index (χ3v) is 9.69. The Balaban J connectivity index is 1.15. The first-order valence-corrected chi connectivity index (χ1v) is 15.9. The second-order valence-corrected chi connectivity index (χ2v) is 12.4. The number of nitrogens with one attached hydrogen (secondary N) is 2. The van der Waals surface area contributed by atoms with Gasteiger partial charge in [0.05, 0.1) is 28.3 Å². The lowest BCUT2D eigenvalue weighted by atomic mass is 10.1. The van der Waals surface area contributed by atoms with E-state index in [1.54, 1.807) is 61.7 Å². The molecule has 4 aromatic rings. The molecule has 0 saturated carbocycles. The molecule has 2 fully saturated rings.